The molecule has 0 radical (unpaired) electrons. The number of alkyl halides is 1. The Bertz CT molecular complexity index is 341. The lowest BCUT2D eigenvalue weighted by atomic mass is 10.2. The SMILES string of the molecule is COc1cccc(C(=O)N(C)CCBr)c1. The number of amides is 1. The highest BCUT2D eigenvalue weighted by Gasteiger charge is 2.11. The molecule has 0 atom stereocenters. The first-order valence-electron chi connectivity index (χ1n) is 4.64. The summed E-state index contributed by atoms with van der Waals surface area (Å²) >= 11 is 3.30. The Morgan fingerprint density at radius 2 is 2.27 bits per heavy atom. The number of halogens is 1. The normalized spacial score (nSPS) is 9.80. The van der Waals surface area contributed by atoms with Crippen molar-refractivity contribution in [1.29, 1.82) is 0 Å². The lowest BCUT2D eigenvalue weighted by Gasteiger charge is -2.15. The molecule has 0 fully saturated rings. The van der Waals surface area contributed by atoms with Gasteiger partial charge in [0, 0.05) is 24.5 Å². The van der Waals surface area contributed by atoms with E-state index in [1.807, 2.05) is 12.1 Å². The average Bonchev–Trinajstić information content (AvgIpc) is 2.28. The summed E-state index contributed by atoms with van der Waals surface area (Å²) in [6.45, 7) is 0.691. The maximum absolute atomic E-state index is 11.9. The number of rotatable bonds is 4. The minimum absolute atomic E-state index is 0.00773. The second kappa shape index (κ2) is 5.75. The maximum Gasteiger partial charge on any atom is 0.253 e. The molecule has 0 N–H and O–H groups in total. The number of hydrogen-bond donors (Lipinski definition) is 0. The molecule has 1 amide bonds. The van der Waals surface area contributed by atoms with Crippen LogP contribution in [0.5, 0.6) is 5.75 Å². The Labute approximate surface area is 98.2 Å². The van der Waals surface area contributed by atoms with E-state index in [1.165, 1.54) is 0 Å². The van der Waals surface area contributed by atoms with Gasteiger partial charge in [-0.25, -0.2) is 0 Å². The van der Waals surface area contributed by atoms with Crippen molar-refractivity contribution in [2.24, 2.45) is 0 Å². The molecule has 4 heteroatoms. The molecule has 0 aliphatic carbocycles. The molecule has 0 aromatic heterocycles. The van der Waals surface area contributed by atoms with Crippen molar-refractivity contribution in [3.8, 4) is 5.75 Å². The standard InChI is InChI=1S/C11H14BrNO2/c1-13(7-6-12)11(14)9-4-3-5-10(8-9)15-2/h3-5,8H,6-7H2,1-2H3. The summed E-state index contributed by atoms with van der Waals surface area (Å²) in [7, 11) is 3.37. The fourth-order valence-corrected chi connectivity index (χ4v) is 1.74. The van der Waals surface area contributed by atoms with E-state index < -0.39 is 0 Å². The van der Waals surface area contributed by atoms with E-state index in [9.17, 15) is 4.79 Å². The monoisotopic (exact) mass is 271 g/mol. The zero-order valence-electron chi connectivity index (χ0n) is 8.87. The first-order chi connectivity index (χ1) is 7.19. The van der Waals surface area contributed by atoms with Crippen LogP contribution < -0.4 is 4.74 Å². The van der Waals surface area contributed by atoms with E-state index in [0.717, 1.165) is 5.33 Å². The molecule has 0 saturated heterocycles. The van der Waals surface area contributed by atoms with Crippen LogP contribution in [0.15, 0.2) is 24.3 Å². The predicted molar refractivity (Wildman–Crippen MR) is 63.7 cm³/mol. The third kappa shape index (κ3) is 3.23. The quantitative estimate of drug-likeness (QED) is 0.786. The smallest absolute Gasteiger partial charge is 0.253 e. The summed E-state index contributed by atoms with van der Waals surface area (Å²) in [5.41, 5.74) is 0.651. The highest BCUT2D eigenvalue weighted by Crippen LogP contribution is 2.13. The van der Waals surface area contributed by atoms with Crippen LogP contribution in [0.3, 0.4) is 0 Å². The molecule has 3 nitrogen and oxygen atoms in total. The molecule has 0 aliphatic rings. The summed E-state index contributed by atoms with van der Waals surface area (Å²) in [4.78, 5) is 13.5. The van der Waals surface area contributed by atoms with Gasteiger partial charge in [-0.05, 0) is 18.2 Å². The van der Waals surface area contributed by atoms with Gasteiger partial charge in [0.25, 0.3) is 5.91 Å². The van der Waals surface area contributed by atoms with Crippen LogP contribution in [0, 0.1) is 0 Å². The number of carbonyl (C=O) groups is 1. The van der Waals surface area contributed by atoms with Gasteiger partial charge in [-0.1, -0.05) is 22.0 Å². The maximum atomic E-state index is 11.9. The Morgan fingerprint density at radius 1 is 1.53 bits per heavy atom. The molecule has 15 heavy (non-hydrogen) atoms. The Hall–Kier alpha value is -1.03. The Morgan fingerprint density at radius 3 is 2.87 bits per heavy atom. The molecule has 82 valence electrons. The van der Waals surface area contributed by atoms with Crippen molar-refractivity contribution in [1.82, 2.24) is 4.90 Å². The van der Waals surface area contributed by atoms with Gasteiger partial charge in [-0.15, -0.1) is 0 Å². The second-order valence-electron chi connectivity index (χ2n) is 3.15. The summed E-state index contributed by atoms with van der Waals surface area (Å²) < 4.78 is 5.06. The second-order valence-corrected chi connectivity index (χ2v) is 3.94. The van der Waals surface area contributed by atoms with Crippen molar-refractivity contribution >= 4 is 21.8 Å². The van der Waals surface area contributed by atoms with Crippen molar-refractivity contribution < 1.29 is 9.53 Å². The van der Waals surface area contributed by atoms with Gasteiger partial charge >= 0.3 is 0 Å². The van der Waals surface area contributed by atoms with Gasteiger partial charge in [0.1, 0.15) is 5.75 Å². The van der Waals surface area contributed by atoms with E-state index in [0.29, 0.717) is 17.9 Å². The predicted octanol–water partition coefficient (Wildman–Crippen LogP) is 2.16. The van der Waals surface area contributed by atoms with Crippen LogP contribution in [0.1, 0.15) is 10.4 Å². The van der Waals surface area contributed by atoms with E-state index in [2.05, 4.69) is 15.9 Å². The average molecular weight is 272 g/mol. The fourth-order valence-electron chi connectivity index (χ4n) is 1.20. The van der Waals surface area contributed by atoms with Crippen molar-refractivity contribution in [2.45, 2.75) is 0 Å². The molecule has 0 aliphatic heterocycles. The van der Waals surface area contributed by atoms with Crippen LogP contribution in [0.4, 0.5) is 0 Å². The molecule has 0 spiro atoms. The molecular formula is C11H14BrNO2. The van der Waals surface area contributed by atoms with Gasteiger partial charge in [0.2, 0.25) is 0 Å². The van der Waals surface area contributed by atoms with Crippen molar-refractivity contribution in [2.75, 3.05) is 26.0 Å². The molecule has 1 aromatic carbocycles. The van der Waals surface area contributed by atoms with Gasteiger partial charge in [0.05, 0.1) is 7.11 Å². The molecule has 0 bridgehead atoms. The molecule has 0 saturated carbocycles. The topological polar surface area (TPSA) is 29.5 Å². The molecule has 1 rings (SSSR count). The number of benzene rings is 1. The number of methoxy groups -OCH3 is 1. The Kier molecular flexibility index (Phi) is 4.62. The van der Waals surface area contributed by atoms with Gasteiger partial charge in [-0.3, -0.25) is 4.79 Å². The van der Waals surface area contributed by atoms with Crippen LogP contribution in [0.25, 0.3) is 0 Å². The minimum atomic E-state index is 0.00773. The first kappa shape index (κ1) is 12.0. The summed E-state index contributed by atoms with van der Waals surface area (Å²) in [5.74, 6) is 0.710. The fraction of sp³-hybridized carbons (Fsp3) is 0.364. The van der Waals surface area contributed by atoms with Crippen LogP contribution in [-0.2, 0) is 0 Å². The first-order valence-corrected chi connectivity index (χ1v) is 5.76. The summed E-state index contributed by atoms with van der Waals surface area (Å²) in [5, 5.41) is 0.777. The van der Waals surface area contributed by atoms with Crippen molar-refractivity contribution in [3.05, 3.63) is 29.8 Å². The summed E-state index contributed by atoms with van der Waals surface area (Å²) in [6, 6.07) is 7.16. The molecule has 1 aromatic rings. The van der Waals surface area contributed by atoms with E-state index in [-0.39, 0.29) is 5.91 Å². The highest BCUT2D eigenvalue weighted by molar-refractivity contribution is 9.09. The molecule has 0 heterocycles. The number of carbonyl (C=O) groups excluding carboxylic acids is 1. The lowest BCUT2D eigenvalue weighted by molar-refractivity contribution is 0.0803. The number of ether oxygens (including phenoxy) is 1. The largest absolute Gasteiger partial charge is 0.497 e. The molecule has 0 unspecified atom stereocenters. The zero-order chi connectivity index (χ0) is 11.3. The van der Waals surface area contributed by atoms with Gasteiger partial charge < -0.3 is 9.64 Å². The van der Waals surface area contributed by atoms with Crippen LogP contribution in [-0.4, -0.2) is 36.8 Å². The Balaban J connectivity index is 2.81. The van der Waals surface area contributed by atoms with E-state index in [1.54, 1.807) is 31.2 Å². The third-order valence-corrected chi connectivity index (χ3v) is 2.44. The summed E-state index contributed by atoms with van der Waals surface area (Å²) in [6.07, 6.45) is 0. The van der Waals surface area contributed by atoms with Crippen molar-refractivity contribution in [3.63, 3.8) is 0 Å². The minimum Gasteiger partial charge on any atom is -0.497 e. The zero-order valence-corrected chi connectivity index (χ0v) is 10.5. The van der Waals surface area contributed by atoms with Crippen LogP contribution >= 0.6 is 15.9 Å². The number of nitrogens with zero attached hydrogens (tertiary/aromatic N) is 1. The third-order valence-electron chi connectivity index (χ3n) is 2.08. The lowest BCUT2D eigenvalue weighted by Crippen LogP contribution is -2.28. The van der Waals surface area contributed by atoms with Gasteiger partial charge in [0.15, 0.2) is 0 Å². The van der Waals surface area contributed by atoms with E-state index in [4.69, 9.17) is 4.74 Å². The van der Waals surface area contributed by atoms with Crippen LogP contribution in [0.2, 0.25) is 0 Å². The van der Waals surface area contributed by atoms with Gasteiger partial charge in [-0.2, -0.15) is 0 Å². The van der Waals surface area contributed by atoms with E-state index >= 15 is 0 Å². The highest BCUT2D eigenvalue weighted by atomic mass is 79.9. The number of hydrogen-bond acceptors (Lipinski definition) is 2. The molecular weight excluding hydrogens is 258 g/mol.